The standard InChI is InChI=1S/C16H24N2/c1-4-8-13-10-7-11-15(14(13)9-5-2)16(12-17)18-6-3/h4-5,7,10-11,16,18H,1-2,6,8-9,12,17H2,3H3. The van der Waals surface area contributed by atoms with E-state index in [-0.39, 0.29) is 6.04 Å². The molecule has 0 bridgehead atoms. The second kappa shape index (κ2) is 7.85. The van der Waals surface area contributed by atoms with Crippen LogP contribution in [0, 0.1) is 0 Å². The van der Waals surface area contributed by atoms with Crippen LogP contribution in [-0.4, -0.2) is 13.1 Å². The molecule has 1 atom stereocenters. The first-order chi connectivity index (χ1) is 8.78. The molecule has 0 spiro atoms. The Morgan fingerprint density at radius 3 is 2.56 bits per heavy atom. The maximum Gasteiger partial charge on any atom is 0.0447 e. The van der Waals surface area contributed by atoms with Crippen molar-refractivity contribution in [3.63, 3.8) is 0 Å². The summed E-state index contributed by atoms with van der Waals surface area (Å²) in [6, 6.07) is 6.63. The zero-order chi connectivity index (χ0) is 13.4. The van der Waals surface area contributed by atoms with E-state index in [0.717, 1.165) is 19.4 Å². The molecule has 0 radical (unpaired) electrons. The van der Waals surface area contributed by atoms with Crippen molar-refractivity contribution in [2.24, 2.45) is 5.73 Å². The first kappa shape index (κ1) is 14.7. The summed E-state index contributed by atoms with van der Waals surface area (Å²) in [6.45, 7) is 11.3. The molecule has 0 amide bonds. The molecule has 3 N–H and O–H groups in total. The zero-order valence-electron chi connectivity index (χ0n) is 11.3. The molecule has 0 saturated carbocycles. The van der Waals surface area contributed by atoms with Crippen LogP contribution in [0.4, 0.5) is 0 Å². The van der Waals surface area contributed by atoms with Crippen molar-refractivity contribution in [2.45, 2.75) is 25.8 Å². The molecule has 98 valence electrons. The van der Waals surface area contributed by atoms with Crippen LogP contribution in [0.5, 0.6) is 0 Å². The Hall–Kier alpha value is -1.38. The second-order valence-corrected chi connectivity index (χ2v) is 4.32. The Morgan fingerprint density at radius 1 is 1.28 bits per heavy atom. The molecular formula is C16H24N2. The van der Waals surface area contributed by atoms with Gasteiger partial charge in [-0.05, 0) is 36.1 Å². The van der Waals surface area contributed by atoms with Crippen molar-refractivity contribution in [2.75, 3.05) is 13.1 Å². The van der Waals surface area contributed by atoms with Gasteiger partial charge in [0.25, 0.3) is 0 Å². The number of likely N-dealkylation sites (N-methyl/N-ethyl adjacent to an activating group) is 1. The van der Waals surface area contributed by atoms with Gasteiger partial charge in [-0.3, -0.25) is 0 Å². The smallest absolute Gasteiger partial charge is 0.0447 e. The third-order valence-electron chi connectivity index (χ3n) is 3.08. The van der Waals surface area contributed by atoms with Crippen LogP contribution >= 0.6 is 0 Å². The molecule has 1 unspecified atom stereocenters. The summed E-state index contributed by atoms with van der Waals surface area (Å²) < 4.78 is 0. The molecule has 1 aromatic carbocycles. The Bertz CT molecular complexity index is 396. The van der Waals surface area contributed by atoms with Crippen LogP contribution in [-0.2, 0) is 12.8 Å². The minimum atomic E-state index is 0.217. The molecule has 1 rings (SSSR count). The molecule has 0 aromatic heterocycles. The average Bonchev–Trinajstić information content (AvgIpc) is 2.39. The van der Waals surface area contributed by atoms with Gasteiger partial charge < -0.3 is 11.1 Å². The van der Waals surface area contributed by atoms with E-state index in [1.807, 2.05) is 12.2 Å². The van der Waals surface area contributed by atoms with Gasteiger partial charge in [0.2, 0.25) is 0 Å². The first-order valence-corrected chi connectivity index (χ1v) is 6.54. The number of hydrogen-bond acceptors (Lipinski definition) is 2. The van der Waals surface area contributed by atoms with Gasteiger partial charge in [0.05, 0.1) is 0 Å². The highest BCUT2D eigenvalue weighted by molar-refractivity contribution is 5.39. The minimum Gasteiger partial charge on any atom is -0.329 e. The summed E-state index contributed by atoms with van der Waals surface area (Å²) >= 11 is 0. The highest BCUT2D eigenvalue weighted by atomic mass is 14.9. The molecule has 0 fully saturated rings. The Morgan fingerprint density at radius 2 is 2.00 bits per heavy atom. The van der Waals surface area contributed by atoms with E-state index in [1.54, 1.807) is 0 Å². The maximum atomic E-state index is 5.87. The molecule has 0 saturated heterocycles. The van der Waals surface area contributed by atoms with Gasteiger partial charge in [0.1, 0.15) is 0 Å². The van der Waals surface area contributed by atoms with Crippen LogP contribution < -0.4 is 11.1 Å². The zero-order valence-corrected chi connectivity index (χ0v) is 11.3. The average molecular weight is 244 g/mol. The lowest BCUT2D eigenvalue weighted by atomic mass is 9.92. The van der Waals surface area contributed by atoms with Gasteiger partial charge in [-0.25, -0.2) is 0 Å². The van der Waals surface area contributed by atoms with Crippen molar-refractivity contribution in [3.05, 3.63) is 60.2 Å². The quantitative estimate of drug-likeness (QED) is 0.690. The van der Waals surface area contributed by atoms with Crippen LogP contribution in [0.25, 0.3) is 0 Å². The van der Waals surface area contributed by atoms with Gasteiger partial charge in [0.15, 0.2) is 0 Å². The van der Waals surface area contributed by atoms with E-state index in [1.165, 1.54) is 16.7 Å². The van der Waals surface area contributed by atoms with Crippen molar-refractivity contribution >= 4 is 0 Å². The van der Waals surface area contributed by atoms with E-state index in [9.17, 15) is 0 Å². The molecule has 0 aliphatic rings. The monoisotopic (exact) mass is 244 g/mol. The summed E-state index contributed by atoms with van der Waals surface area (Å²) in [4.78, 5) is 0. The molecular weight excluding hydrogens is 220 g/mol. The van der Waals surface area contributed by atoms with E-state index in [2.05, 4.69) is 43.6 Å². The SMILES string of the molecule is C=CCc1cccc(C(CN)NCC)c1CC=C. The summed E-state index contributed by atoms with van der Waals surface area (Å²) in [7, 11) is 0. The van der Waals surface area contributed by atoms with Gasteiger partial charge in [0, 0.05) is 12.6 Å². The molecule has 18 heavy (non-hydrogen) atoms. The summed E-state index contributed by atoms with van der Waals surface area (Å²) in [5.41, 5.74) is 9.82. The van der Waals surface area contributed by atoms with Crippen molar-refractivity contribution in [1.82, 2.24) is 5.32 Å². The summed E-state index contributed by atoms with van der Waals surface area (Å²) in [5.74, 6) is 0. The number of benzene rings is 1. The highest BCUT2D eigenvalue weighted by Crippen LogP contribution is 2.23. The van der Waals surface area contributed by atoms with Crippen LogP contribution in [0.15, 0.2) is 43.5 Å². The van der Waals surface area contributed by atoms with Crippen molar-refractivity contribution < 1.29 is 0 Å². The predicted molar refractivity (Wildman–Crippen MR) is 79.7 cm³/mol. The maximum absolute atomic E-state index is 5.87. The first-order valence-electron chi connectivity index (χ1n) is 6.54. The second-order valence-electron chi connectivity index (χ2n) is 4.32. The molecule has 0 aliphatic heterocycles. The largest absolute Gasteiger partial charge is 0.329 e. The van der Waals surface area contributed by atoms with Crippen LogP contribution in [0.3, 0.4) is 0 Å². The number of nitrogens with two attached hydrogens (primary N) is 1. The van der Waals surface area contributed by atoms with E-state index in [0.29, 0.717) is 6.54 Å². The predicted octanol–water partition coefficient (Wildman–Crippen LogP) is 2.75. The van der Waals surface area contributed by atoms with Gasteiger partial charge in [-0.15, -0.1) is 13.2 Å². The third-order valence-corrected chi connectivity index (χ3v) is 3.08. The lowest BCUT2D eigenvalue weighted by Gasteiger charge is -2.21. The van der Waals surface area contributed by atoms with Gasteiger partial charge in [-0.2, -0.15) is 0 Å². The Kier molecular flexibility index (Phi) is 6.40. The van der Waals surface area contributed by atoms with Crippen molar-refractivity contribution in [1.29, 1.82) is 0 Å². The fourth-order valence-corrected chi connectivity index (χ4v) is 2.29. The number of nitrogens with one attached hydrogen (secondary N) is 1. The van der Waals surface area contributed by atoms with E-state index >= 15 is 0 Å². The normalized spacial score (nSPS) is 12.1. The minimum absolute atomic E-state index is 0.217. The summed E-state index contributed by atoms with van der Waals surface area (Å²) in [6.07, 6.45) is 5.66. The molecule has 1 aromatic rings. The van der Waals surface area contributed by atoms with Crippen molar-refractivity contribution in [3.8, 4) is 0 Å². The lowest BCUT2D eigenvalue weighted by molar-refractivity contribution is 0.558. The highest BCUT2D eigenvalue weighted by Gasteiger charge is 2.14. The van der Waals surface area contributed by atoms with E-state index < -0.39 is 0 Å². The van der Waals surface area contributed by atoms with Crippen LogP contribution in [0.1, 0.15) is 29.7 Å². The molecule has 0 heterocycles. The third kappa shape index (κ3) is 3.56. The van der Waals surface area contributed by atoms with Gasteiger partial charge >= 0.3 is 0 Å². The molecule has 2 nitrogen and oxygen atoms in total. The number of rotatable bonds is 8. The topological polar surface area (TPSA) is 38.0 Å². The Labute approximate surface area is 111 Å². The number of allylic oxidation sites excluding steroid dienone is 2. The Balaban J connectivity index is 3.18. The molecule has 0 aliphatic carbocycles. The summed E-state index contributed by atoms with van der Waals surface area (Å²) in [5, 5.41) is 3.43. The van der Waals surface area contributed by atoms with E-state index in [4.69, 9.17) is 5.73 Å². The fraction of sp³-hybridized carbons (Fsp3) is 0.375. The van der Waals surface area contributed by atoms with Crippen LogP contribution in [0.2, 0.25) is 0 Å². The lowest BCUT2D eigenvalue weighted by Crippen LogP contribution is -2.29. The molecule has 2 heteroatoms. The van der Waals surface area contributed by atoms with Gasteiger partial charge in [-0.1, -0.05) is 37.3 Å². The number of hydrogen-bond donors (Lipinski definition) is 2. The fourth-order valence-electron chi connectivity index (χ4n) is 2.29.